The van der Waals surface area contributed by atoms with Crippen LogP contribution in [0, 0.1) is 0 Å². The summed E-state index contributed by atoms with van der Waals surface area (Å²) in [5.41, 5.74) is 0. The first kappa shape index (κ1) is 29.4. The van der Waals surface area contributed by atoms with Gasteiger partial charge in [-0.05, 0) is 6.92 Å². The Bertz CT molecular complexity index is 75.5. The molecule has 0 aromatic heterocycles. The van der Waals surface area contributed by atoms with Crippen molar-refractivity contribution in [3.05, 3.63) is 0 Å². The van der Waals surface area contributed by atoms with Crippen LogP contribution in [0.5, 0.6) is 0 Å². The van der Waals surface area contributed by atoms with Crippen LogP contribution >= 0.6 is 7.82 Å². The normalized spacial score (nSPS) is 7.00. The van der Waals surface area contributed by atoms with Gasteiger partial charge in [0.05, 0.1) is 0 Å². The monoisotopic (exact) mass is 270 g/mol. The Morgan fingerprint density at radius 3 is 1.09 bits per heavy atom. The molecule has 0 amide bonds. The minimum absolute atomic E-state index is 0. The molecule has 0 bridgehead atoms. The average Bonchev–Trinajstić information content (AvgIpc) is 1.27. The van der Waals surface area contributed by atoms with Crippen LogP contribution in [0.1, 0.15) is 6.92 Å². The molecule has 0 atom stereocenters. The van der Waals surface area contributed by atoms with Gasteiger partial charge in [0.2, 0.25) is 0 Å². The van der Waals surface area contributed by atoms with E-state index in [0.29, 0.717) is 0 Å². The molecule has 0 spiro atoms. The SMILES string of the molecule is CCO.O=P(O)(O)O.[CaH2].[CaH2].[CaH2]. The van der Waals surface area contributed by atoms with Crippen molar-refractivity contribution in [1.29, 1.82) is 0 Å². The third-order valence-electron chi connectivity index (χ3n) is 0. The number of phosphoric acid groups is 1. The Kier molecular flexibility index (Phi) is 51.8. The van der Waals surface area contributed by atoms with Gasteiger partial charge in [-0.1, -0.05) is 0 Å². The molecule has 0 heterocycles. The van der Waals surface area contributed by atoms with Crippen LogP contribution in [0.3, 0.4) is 0 Å². The standard InChI is InChI=1S/C2H6O.3Ca.H3O4P.6H/c1-2-3;;;;1-5(2,3)4;;;;;;/h3H,2H2,1H3;;;;(H3,1,2,3,4);;;;;;. The minimum atomic E-state index is -4.64. The molecule has 0 fully saturated rings. The molecule has 0 aromatic rings. The topological polar surface area (TPSA) is 98.0 Å². The summed E-state index contributed by atoms with van der Waals surface area (Å²) in [7, 11) is -4.64. The van der Waals surface area contributed by atoms with Gasteiger partial charge in [-0.3, -0.25) is 0 Å². The number of aliphatic hydroxyl groups excluding tert-OH is 1. The van der Waals surface area contributed by atoms with E-state index in [4.69, 9.17) is 24.4 Å². The molecule has 0 unspecified atom stereocenters. The molecule has 11 heavy (non-hydrogen) atoms. The van der Waals surface area contributed by atoms with E-state index in [1.807, 2.05) is 0 Å². The zero-order valence-corrected chi connectivity index (χ0v) is 5.25. The van der Waals surface area contributed by atoms with Crippen LogP contribution in [0.15, 0.2) is 0 Å². The van der Waals surface area contributed by atoms with Gasteiger partial charge in [-0.25, -0.2) is 4.57 Å². The molecule has 0 saturated carbocycles. The Balaban J connectivity index is -0.0000000183. The first-order valence-electron chi connectivity index (χ1n) is 1.81. The fourth-order valence-electron chi connectivity index (χ4n) is 0. The Hall–Kier alpha value is 3.85. The second-order valence-electron chi connectivity index (χ2n) is 0.830. The van der Waals surface area contributed by atoms with Gasteiger partial charge in [0, 0.05) is 6.61 Å². The summed E-state index contributed by atoms with van der Waals surface area (Å²) in [6.07, 6.45) is 0. The predicted molar refractivity (Wildman–Crippen MR) is 52.7 cm³/mol. The summed E-state index contributed by atoms with van der Waals surface area (Å²) in [6, 6.07) is 0. The maximum absolute atomic E-state index is 8.88. The van der Waals surface area contributed by atoms with E-state index >= 15 is 0 Å². The molecule has 0 aliphatic heterocycles. The molecule has 5 nitrogen and oxygen atoms in total. The van der Waals surface area contributed by atoms with Gasteiger partial charge < -0.3 is 19.8 Å². The number of aliphatic hydroxyl groups is 1. The fraction of sp³-hybridized carbons (Fsp3) is 1.00. The van der Waals surface area contributed by atoms with Crippen molar-refractivity contribution in [2.75, 3.05) is 6.61 Å². The third kappa shape index (κ3) is 131. The van der Waals surface area contributed by atoms with Gasteiger partial charge in [0.1, 0.15) is 0 Å². The molecule has 0 rings (SSSR count). The van der Waals surface area contributed by atoms with Crippen molar-refractivity contribution >= 4 is 121 Å². The molecule has 0 saturated heterocycles. The summed E-state index contributed by atoms with van der Waals surface area (Å²) in [4.78, 5) is 21.6. The summed E-state index contributed by atoms with van der Waals surface area (Å²) >= 11 is 0. The average molecular weight is 270 g/mol. The number of hydrogen-bond donors (Lipinski definition) is 4. The van der Waals surface area contributed by atoms with Gasteiger partial charge in [0.15, 0.2) is 0 Å². The van der Waals surface area contributed by atoms with E-state index in [1.165, 1.54) is 0 Å². The van der Waals surface area contributed by atoms with E-state index in [2.05, 4.69) is 0 Å². The van der Waals surface area contributed by atoms with E-state index in [9.17, 15) is 0 Å². The van der Waals surface area contributed by atoms with Crippen LogP contribution in [0.4, 0.5) is 0 Å². The number of rotatable bonds is 0. The van der Waals surface area contributed by atoms with Crippen LogP contribution in [-0.4, -0.2) is 140 Å². The van der Waals surface area contributed by atoms with E-state index in [1.54, 1.807) is 6.92 Å². The molecule has 0 aliphatic carbocycles. The molecule has 64 valence electrons. The van der Waals surface area contributed by atoms with Crippen molar-refractivity contribution < 1.29 is 24.4 Å². The maximum atomic E-state index is 8.88. The van der Waals surface area contributed by atoms with E-state index in [-0.39, 0.29) is 120 Å². The molecular weight excluding hydrogens is 255 g/mol. The molecule has 0 aromatic carbocycles. The molecule has 0 radical (unpaired) electrons. The van der Waals surface area contributed by atoms with Crippen molar-refractivity contribution in [2.24, 2.45) is 0 Å². The number of hydrogen-bond acceptors (Lipinski definition) is 2. The zero-order chi connectivity index (χ0) is 7.21. The summed E-state index contributed by atoms with van der Waals surface area (Å²) in [5.74, 6) is 0. The van der Waals surface area contributed by atoms with Gasteiger partial charge in [0.25, 0.3) is 0 Å². The third-order valence-corrected chi connectivity index (χ3v) is 0. The first-order valence-corrected chi connectivity index (χ1v) is 3.37. The molecule has 0 aliphatic rings. The zero-order valence-electron chi connectivity index (χ0n) is 4.35. The fourth-order valence-corrected chi connectivity index (χ4v) is 0. The molecule has 9 heteroatoms. The van der Waals surface area contributed by atoms with Gasteiger partial charge in [-0.15, -0.1) is 0 Å². The summed E-state index contributed by atoms with van der Waals surface area (Å²) in [5, 5.41) is 7.57. The quantitative estimate of drug-likeness (QED) is 0.268. The summed E-state index contributed by atoms with van der Waals surface area (Å²) in [6.45, 7) is 1.93. The van der Waals surface area contributed by atoms with Crippen molar-refractivity contribution in [1.82, 2.24) is 0 Å². The van der Waals surface area contributed by atoms with E-state index < -0.39 is 7.82 Å². The Morgan fingerprint density at radius 2 is 1.09 bits per heavy atom. The van der Waals surface area contributed by atoms with Crippen LogP contribution in [0.2, 0.25) is 0 Å². The van der Waals surface area contributed by atoms with Gasteiger partial charge >= 0.3 is 121 Å². The molecular formula is C2H15Ca3O5P. The van der Waals surface area contributed by atoms with Gasteiger partial charge in [-0.2, -0.15) is 0 Å². The second-order valence-corrected chi connectivity index (χ2v) is 1.86. The van der Waals surface area contributed by atoms with E-state index in [0.717, 1.165) is 0 Å². The predicted octanol–water partition coefficient (Wildman–Crippen LogP) is -3.68. The van der Waals surface area contributed by atoms with Crippen LogP contribution in [0.25, 0.3) is 0 Å². The Labute approximate surface area is 155 Å². The van der Waals surface area contributed by atoms with Crippen molar-refractivity contribution in [2.45, 2.75) is 6.92 Å². The van der Waals surface area contributed by atoms with Crippen molar-refractivity contribution in [3.63, 3.8) is 0 Å². The van der Waals surface area contributed by atoms with Crippen LogP contribution < -0.4 is 0 Å². The molecule has 4 N–H and O–H groups in total. The second kappa shape index (κ2) is 19.4. The Morgan fingerprint density at radius 1 is 1.09 bits per heavy atom. The van der Waals surface area contributed by atoms with Crippen LogP contribution in [-0.2, 0) is 4.57 Å². The van der Waals surface area contributed by atoms with Crippen molar-refractivity contribution in [3.8, 4) is 0 Å². The first-order chi connectivity index (χ1) is 3.41. The summed E-state index contributed by atoms with van der Waals surface area (Å²) < 4.78 is 8.88.